The van der Waals surface area contributed by atoms with Crippen molar-refractivity contribution in [1.29, 1.82) is 0 Å². The van der Waals surface area contributed by atoms with E-state index >= 15 is 0 Å². The minimum Gasteiger partial charge on any atom is -0.392 e. The highest BCUT2D eigenvalue weighted by Crippen LogP contribution is 2.36. The second-order valence-electron chi connectivity index (χ2n) is 5.57. The molecule has 3 nitrogen and oxygen atoms in total. The number of amides is 1. The van der Waals surface area contributed by atoms with Crippen LogP contribution in [0.1, 0.15) is 16.4 Å². The van der Waals surface area contributed by atoms with Crippen molar-refractivity contribution in [3.05, 3.63) is 96.1 Å². The lowest BCUT2D eigenvalue weighted by molar-refractivity contribution is -0.115. The fraction of sp³-hybridized carbons (Fsp3) is 0.0952. The molecule has 3 rings (SSSR count). The predicted octanol–water partition coefficient (Wildman–Crippen LogP) is 4.65. The van der Waals surface area contributed by atoms with Gasteiger partial charge in [-0.05, 0) is 35.4 Å². The van der Waals surface area contributed by atoms with E-state index in [0.29, 0.717) is 5.69 Å². The quantitative estimate of drug-likeness (QED) is 0.637. The lowest BCUT2D eigenvalue weighted by Gasteiger charge is -2.17. The van der Waals surface area contributed by atoms with Gasteiger partial charge in [-0.3, -0.25) is 4.79 Å². The Labute approximate surface area is 151 Å². The number of thioether (sulfide) groups is 1. The molecule has 1 unspecified atom stereocenters. The van der Waals surface area contributed by atoms with E-state index in [1.54, 1.807) is 6.07 Å². The number of nitrogens with one attached hydrogen (secondary N) is 1. The number of hydrogen-bond donors (Lipinski definition) is 2. The molecule has 0 saturated carbocycles. The van der Waals surface area contributed by atoms with E-state index in [0.717, 1.165) is 16.0 Å². The molecule has 2 N–H and O–H groups in total. The maximum absolute atomic E-state index is 12.9. The van der Waals surface area contributed by atoms with E-state index in [1.165, 1.54) is 11.8 Å². The molecule has 0 fully saturated rings. The highest BCUT2D eigenvalue weighted by molar-refractivity contribution is 8.00. The first-order valence-corrected chi connectivity index (χ1v) is 8.91. The minimum absolute atomic E-state index is 0.0510. The summed E-state index contributed by atoms with van der Waals surface area (Å²) in [4.78, 5) is 14.0. The van der Waals surface area contributed by atoms with Gasteiger partial charge in [0.1, 0.15) is 5.25 Å². The van der Waals surface area contributed by atoms with Crippen LogP contribution < -0.4 is 5.32 Å². The molecule has 126 valence electrons. The maximum atomic E-state index is 12.9. The van der Waals surface area contributed by atoms with E-state index in [-0.39, 0.29) is 17.8 Å². The first-order chi connectivity index (χ1) is 12.3. The van der Waals surface area contributed by atoms with Gasteiger partial charge in [0.2, 0.25) is 5.91 Å². The molecule has 0 aliphatic carbocycles. The van der Waals surface area contributed by atoms with E-state index < -0.39 is 0 Å². The summed E-state index contributed by atoms with van der Waals surface area (Å²) in [5.74, 6) is -0.0878. The Balaban J connectivity index is 1.84. The van der Waals surface area contributed by atoms with Gasteiger partial charge >= 0.3 is 0 Å². The zero-order chi connectivity index (χ0) is 17.5. The van der Waals surface area contributed by atoms with Crippen molar-refractivity contribution in [3.8, 4) is 0 Å². The summed E-state index contributed by atoms with van der Waals surface area (Å²) < 4.78 is 0. The van der Waals surface area contributed by atoms with E-state index in [2.05, 4.69) is 5.32 Å². The van der Waals surface area contributed by atoms with Gasteiger partial charge in [-0.15, -0.1) is 11.8 Å². The second-order valence-corrected chi connectivity index (χ2v) is 6.75. The van der Waals surface area contributed by atoms with Crippen LogP contribution in [-0.4, -0.2) is 11.0 Å². The highest BCUT2D eigenvalue weighted by atomic mass is 32.2. The Morgan fingerprint density at radius 2 is 1.60 bits per heavy atom. The van der Waals surface area contributed by atoms with Gasteiger partial charge in [-0.2, -0.15) is 0 Å². The molecule has 4 heteroatoms. The average Bonchev–Trinajstić information content (AvgIpc) is 2.67. The molecule has 0 radical (unpaired) electrons. The SMILES string of the molecule is O=C(Nc1cccc(CO)c1)C(Sc1ccccc1)c1ccccc1. The summed E-state index contributed by atoms with van der Waals surface area (Å²) in [6.07, 6.45) is 0. The second kappa shape index (κ2) is 8.51. The standard InChI is InChI=1S/C21H19NO2S/c23-15-16-8-7-11-18(14-16)22-21(24)20(17-9-3-1-4-10-17)25-19-12-5-2-6-13-19/h1-14,20,23H,15H2,(H,22,24). The number of anilines is 1. The Kier molecular flexibility index (Phi) is 5.88. The topological polar surface area (TPSA) is 49.3 Å². The third-order valence-electron chi connectivity index (χ3n) is 3.71. The molecule has 3 aromatic rings. The molecule has 0 spiro atoms. The summed E-state index contributed by atoms with van der Waals surface area (Å²) in [6.45, 7) is -0.0510. The van der Waals surface area contributed by atoms with Crippen LogP contribution >= 0.6 is 11.8 Å². The number of benzene rings is 3. The van der Waals surface area contributed by atoms with Crippen molar-refractivity contribution in [3.63, 3.8) is 0 Å². The number of carbonyl (C=O) groups excluding carboxylic acids is 1. The van der Waals surface area contributed by atoms with Crippen LogP contribution in [0.15, 0.2) is 89.8 Å². The Hall–Kier alpha value is -2.56. The fourth-order valence-corrected chi connectivity index (χ4v) is 3.54. The average molecular weight is 349 g/mol. The number of rotatable bonds is 6. The van der Waals surface area contributed by atoms with E-state index in [9.17, 15) is 9.90 Å². The lowest BCUT2D eigenvalue weighted by atomic mass is 10.1. The molecule has 0 bridgehead atoms. The monoisotopic (exact) mass is 349 g/mol. The summed E-state index contributed by atoms with van der Waals surface area (Å²) >= 11 is 1.52. The van der Waals surface area contributed by atoms with Crippen molar-refractivity contribution in [1.82, 2.24) is 0 Å². The molecule has 0 saturated heterocycles. The molecule has 0 heterocycles. The van der Waals surface area contributed by atoms with Crippen LogP contribution in [0, 0.1) is 0 Å². The van der Waals surface area contributed by atoms with Crippen LogP contribution in [0.25, 0.3) is 0 Å². The summed E-state index contributed by atoms with van der Waals surface area (Å²) in [5.41, 5.74) is 2.41. The predicted molar refractivity (Wildman–Crippen MR) is 102 cm³/mol. The Morgan fingerprint density at radius 1 is 0.920 bits per heavy atom. The third kappa shape index (κ3) is 4.72. The van der Waals surface area contributed by atoms with Gasteiger partial charge in [0.15, 0.2) is 0 Å². The normalized spacial score (nSPS) is 11.7. The summed E-state index contributed by atoms with van der Waals surface area (Å²) in [5, 5.41) is 11.9. The van der Waals surface area contributed by atoms with Crippen LogP contribution in [-0.2, 0) is 11.4 Å². The van der Waals surface area contributed by atoms with Crippen molar-refractivity contribution in [2.75, 3.05) is 5.32 Å². The molecular weight excluding hydrogens is 330 g/mol. The molecule has 0 aliphatic heterocycles. The molecule has 0 aromatic heterocycles. The minimum atomic E-state index is -0.360. The van der Waals surface area contributed by atoms with Crippen LogP contribution in [0.2, 0.25) is 0 Å². The van der Waals surface area contributed by atoms with E-state index in [4.69, 9.17) is 0 Å². The van der Waals surface area contributed by atoms with Gasteiger partial charge in [0, 0.05) is 10.6 Å². The maximum Gasteiger partial charge on any atom is 0.242 e. The van der Waals surface area contributed by atoms with Crippen LogP contribution in [0.3, 0.4) is 0 Å². The highest BCUT2D eigenvalue weighted by Gasteiger charge is 2.22. The van der Waals surface area contributed by atoms with Gasteiger partial charge < -0.3 is 10.4 Å². The van der Waals surface area contributed by atoms with Gasteiger partial charge in [-0.25, -0.2) is 0 Å². The Bertz CT molecular complexity index is 822. The van der Waals surface area contributed by atoms with Crippen molar-refractivity contribution < 1.29 is 9.90 Å². The number of aliphatic hydroxyl groups excluding tert-OH is 1. The van der Waals surface area contributed by atoms with Gasteiger partial charge in [0.05, 0.1) is 6.61 Å². The van der Waals surface area contributed by atoms with E-state index in [1.807, 2.05) is 78.9 Å². The van der Waals surface area contributed by atoms with Crippen molar-refractivity contribution >= 4 is 23.4 Å². The molecular formula is C21H19NO2S. The first-order valence-electron chi connectivity index (χ1n) is 8.03. The molecule has 1 atom stereocenters. The molecule has 1 amide bonds. The van der Waals surface area contributed by atoms with Gasteiger partial charge in [-0.1, -0.05) is 60.7 Å². The van der Waals surface area contributed by atoms with Crippen molar-refractivity contribution in [2.24, 2.45) is 0 Å². The molecule has 25 heavy (non-hydrogen) atoms. The zero-order valence-corrected chi connectivity index (χ0v) is 14.4. The Morgan fingerprint density at radius 3 is 2.28 bits per heavy atom. The summed E-state index contributed by atoms with van der Waals surface area (Å²) in [6, 6.07) is 26.9. The van der Waals surface area contributed by atoms with Crippen LogP contribution in [0.5, 0.6) is 0 Å². The fourth-order valence-electron chi connectivity index (χ4n) is 2.49. The lowest BCUT2D eigenvalue weighted by Crippen LogP contribution is -2.19. The summed E-state index contributed by atoms with van der Waals surface area (Å²) in [7, 11) is 0. The molecule has 0 aliphatic rings. The third-order valence-corrected chi connectivity index (χ3v) is 4.98. The molecule has 3 aromatic carbocycles. The first kappa shape index (κ1) is 17.3. The number of carbonyl (C=O) groups is 1. The van der Waals surface area contributed by atoms with Crippen molar-refractivity contribution in [2.45, 2.75) is 16.8 Å². The zero-order valence-electron chi connectivity index (χ0n) is 13.6. The number of aliphatic hydroxyl groups is 1. The van der Waals surface area contributed by atoms with Crippen LogP contribution in [0.4, 0.5) is 5.69 Å². The number of hydrogen-bond acceptors (Lipinski definition) is 3. The smallest absolute Gasteiger partial charge is 0.242 e. The van der Waals surface area contributed by atoms with Gasteiger partial charge in [0.25, 0.3) is 0 Å². The largest absolute Gasteiger partial charge is 0.392 e.